The van der Waals surface area contributed by atoms with Crippen molar-refractivity contribution >= 4 is 0 Å². The molecule has 1 atom stereocenters. The number of likely N-dealkylation sites (tertiary alicyclic amines) is 1. The summed E-state index contributed by atoms with van der Waals surface area (Å²) < 4.78 is 0. The first kappa shape index (κ1) is 39.9. The molecule has 43 heavy (non-hydrogen) atoms. The zero-order valence-corrected chi connectivity index (χ0v) is 29.9. The van der Waals surface area contributed by atoms with Crippen molar-refractivity contribution in [1.29, 1.82) is 0 Å². The lowest BCUT2D eigenvalue weighted by Gasteiger charge is -2.36. The van der Waals surface area contributed by atoms with Crippen LogP contribution in [0, 0.1) is 5.41 Å². The Balaban J connectivity index is 2.06. The second-order valence-electron chi connectivity index (χ2n) is 13.9. The van der Waals surface area contributed by atoms with Crippen LogP contribution >= 0.6 is 0 Å². The molecule has 0 aromatic carbocycles. The lowest BCUT2D eigenvalue weighted by atomic mass is 9.72. The summed E-state index contributed by atoms with van der Waals surface area (Å²) in [6, 6.07) is 0.767. The molecule has 0 amide bonds. The van der Waals surface area contributed by atoms with Gasteiger partial charge in [-0.05, 0) is 109 Å². The summed E-state index contributed by atoms with van der Waals surface area (Å²) in [5, 5.41) is 0. The first-order chi connectivity index (χ1) is 21.2. The Labute approximate surface area is 272 Å². The third-order valence-corrected chi connectivity index (χ3v) is 10.3. The molecule has 1 rings (SSSR count). The topological polar surface area (TPSA) is 3.24 Å². The average Bonchev–Trinajstić information content (AvgIpc) is 3.29. The van der Waals surface area contributed by atoms with Crippen LogP contribution in [0.25, 0.3) is 0 Å². The molecule has 1 nitrogen and oxygen atoms in total. The van der Waals surface area contributed by atoms with Crippen molar-refractivity contribution in [2.24, 2.45) is 5.41 Å². The van der Waals surface area contributed by atoms with Crippen LogP contribution in [0.3, 0.4) is 0 Å². The smallest absolute Gasteiger partial charge is 0.0121 e. The molecule has 1 fully saturated rings. The van der Waals surface area contributed by atoms with E-state index in [1.54, 1.807) is 0 Å². The molecule has 1 aliphatic rings. The van der Waals surface area contributed by atoms with Gasteiger partial charge in [0.2, 0.25) is 0 Å². The Morgan fingerprint density at radius 3 is 1.19 bits per heavy atom. The quantitative estimate of drug-likeness (QED) is 0.0589. The van der Waals surface area contributed by atoms with Gasteiger partial charge in [-0.15, -0.1) is 0 Å². The molecule has 0 aromatic rings. The molecule has 0 N–H and O–H groups in total. The monoisotopic (exact) mass is 596 g/mol. The highest BCUT2D eigenvalue weighted by atomic mass is 15.2. The maximum atomic E-state index is 2.64. The van der Waals surface area contributed by atoms with Crippen molar-refractivity contribution in [1.82, 2.24) is 4.90 Å². The van der Waals surface area contributed by atoms with Gasteiger partial charge in [-0.1, -0.05) is 152 Å². The molecule has 0 spiro atoms. The standard InChI is InChI=1S/C42H77N/c1-5-7-9-11-13-15-17-19-21-23-25-27-29-31-33-35-37-42(39-40-43(4)41(42)3)38-36-34-32-30-28-26-24-22-20-18-16-14-12-10-8-6-2/h13-16,19-22,41H,5-12,17-18,23-40H2,1-4H3/b15-13-,16-14-,21-19-,22-20-. The maximum Gasteiger partial charge on any atom is 0.0121 e. The molecule has 1 aliphatic heterocycles. The first-order valence-corrected chi connectivity index (χ1v) is 19.5. The molecule has 1 saturated heterocycles. The fourth-order valence-electron chi connectivity index (χ4n) is 6.99. The fourth-order valence-corrected chi connectivity index (χ4v) is 6.99. The molecule has 1 heteroatoms. The van der Waals surface area contributed by atoms with Crippen molar-refractivity contribution in [3.63, 3.8) is 0 Å². The highest BCUT2D eigenvalue weighted by molar-refractivity contribution is 4.96. The summed E-state index contributed by atoms with van der Waals surface area (Å²) in [6.45, 7) is 8.39. The number of hydrogen-bond donors (Lipinski definition) is 0. The predicted octanol–water partition coefficient (Wildman–Crippen LogP) is 14.1. The van der Waals surface area contributed by atoms with E-state index in [1.807, 2.05) is 0 Å². The third kappa shape index (κ3) is 22.1. The van der Waals surface area contributed by atoms with Crippen LogP contribution in [0.1, 0.15) is 194 Å². The maximum absolute atomic E-state index is 2.64. The van der Waals surface area contributed by atoms with Crippen LogP contribution in [-0.2, 0) is 0 Å². The molecule has 1 unspecified atom stereocenters. The van der Waals surface area contributed by atoms with Crippen molar-refractivity contribution in [2.75, 3.05) is 13.6 Å². The highest BCUT2D eigenvalue weighted by Crippen LogP contribution is 2.45. The van der Waals surface area contributed by atoms with E-state index < -0.39 is 0 Å². The van der Waals surface area contributed by atoms with Gasteiger partial charge in [0.05, 0.1) is 0 Å². The molecule has 0 radical (unpaired) electrons. The normalized spacial score (nSPS) is 17.6. The molecule has 0 bridgehead atoms. The number of allylic oxidation sites excluding steroid dienone is 8. The fraction of sp³-hybridized carbons (Fsp3) is 0.810. The van der Waals surface area contributed by atoms with Crippen molar-refractivity contribution in [2.45, 2.75) is 200 Å². The van der Waals surface area contributed by atoms with E-state index >= 15 is 0 Å². The Morgan fingerprint density at radius 2 is 0.837 bits per heavy atom. The van der Waals surface area contributed by atoms with Gasteiger partial charge in [0.25, 0.3) is 0 Å². The molecular weight excluding hydrogens is 518 g/mol. The summed E-state index contributed by atoms with van der Waals surface area (Å²) >= 11 is 0. The minimum Gasteiger partial charge on any atom is -0.303 e. The van der Waals surface area contributed by atoms with E-state index in [2.05, 4.69) is 81.3 Å². The van der Waals surface area contributed by atoms with Gasteiger partial charge in [-0.2, -0.15) is 0 Å². The number of hydrogen-bond acceptors (Lipinski definition) is 1. The highest BCUT2D eigenvalue weighted by Gasteiger charge is 2.41. The summed E-state index contributed by atoms with van der Waals surface area (Å²) in [7, 11) is 2.36. The van der Waals surface area contributed by atoms with Crippen LogP contribution in [0.15, 0.2) is 48.6 Å². The van der Waals surface area contributed by atoms with Gasteiger partial charge >= 0.3 is 0 Å². The lowest BCUT2D eigenvalue weighted by molar-refractivity contribution is 0.154. The predicted molar refractivity (Wildman–Crippen MR) is 197 cm³/mol. The summed E-state index contributed by atoms with van der Waals surface area (Å²) in [5.74, 6) is 0. The summed E-state index contributed by atoms with van der Waals surface area (Å²) in [5.41, 5.74) is 0.596. The number of rotatable bonds is 30. The van der Waals surface area contributed by atoms with Crippen LogP contribution < -0.4 is 0 Å². The van der Waals surface area contributed by atoms with E-state index in [1.165, 1.54) is 167 Å². The molecule has 0 aromatic heterocycles. The Morgan fingerprint density at radius 1 is 0.488 bits per heavy atom. The largest absolute Gasteiger partial charge is 0.303 e. The van der Waals surface area contributed by atoms with Gasteiger partial charge in [-0.25, -0.2) is 0 Å². The van der Waals surface area contributed by atoms with E-state index in [9.17, 15) is 0 Å². The Hall–Kier alpha value is -1.08. The molecule has 1 heterocycles. The summed E-state index contributed by atoms with van der Waals surface area (Å²) in [6.07, 6.45) is 55.8. The van der Waals surface area contributed by atoms with Crippen molar-refractivity contribution in [3.05, 3.63) is 48.6 Å². The van der Waals surface area contributed by atoms with Gasteiger partial charge < -0.3 is 4.90 Å². The van der Waals surface area contributed by atoms with Gasteiger partial charge in [0, 0.05) is 6.04 Å². The molecule has 250 valence electrons. The van der Waals surface area contributed by atoms with E-state index in [0.717, 1.165) is 18.9 Å². The number of nitrogens with zero attached hydrogens (tertiary/aromatic N) is 1. The van der Waals surface area contributed by atoms with Gasteiger partial charge in [-0.3, -0.25) is 0 Å². The van der Waals surface area contributed by atoms with Gasteiger partial charge in [0.1, 0.15) is 0 Å². The van der Waals surface area contributed by atoms with Crippen molar-refractivity contribution < 1.29 is 0 Å². The van der Waals surface area contributed by atoms with E-state index in [0.29, 0.717) is 5.41 Å². The molecular formula is C42H77N. The minimum absolute atomic E-state index is 0.596. The zero-order chi connectivity index (χ0) is 31.1. The summed E-state index contributed by atoms with van der Waals surface area (Å²) in [4.78, 5) is 2.64. The van der Waals surface area contributed by atoms with E-state index in [-0.39, 0.29) is 0 Å². The van der Waals surface area contributed by atoms with Crippen LogP contribution in [0.4, 0.5) is 0 Å². The molecule has 0 aliphatic carbocycles. The Kier molecular flexibility index (Phi) is 27.5. The van der Waals surface area contributed by atoms with Crippen LogP contribution in [0.2, 0.25) is 0 Å². The van der Waals surface area contributed by atoms with Gasteiger partial charge in [0.15, 0.2) is 0 Å². The second-order valence-corrected chi connectivity index (χ2v) is 13.9. The Bertz CT molecular complexity index is 650. The third-order valence-electron chi connectivity index (χ3n) is 10.3. The average molecular weight is 596 g/mol. The van der Waals surface area contributed by atoms with Crippen LogP contribution in [-0.4, -0.2) is 24.5 Å². The second kappa shape index (κ2) is 29.6. The SMILES string of the molecule is CCCCC/C=C\C/C=C\CCCCCCCCC1(CCCCCCCC/C=C\C/C=C\CCCCC)CCN(C)C1C. The zero-order valence-electron chi connectivity index (χ0n) is 29.9. The number of unbranched alkanes of at least 4 members (excludes halogenated alkanes) is 18. The minimum atomic E-state index is 0.596. The van der Waals surface area contributed by atoms with E-state index in [4.69, 9.17) is 0 Å². The lowest BCUT2D eigenvalue weighted by Crippen LogP contribution is -2.35. The van der Waals surface area contributed by atoms with Crippen LogP contribution in [0.5, 0.6) is 0 Å². The van der Waals surface area contributed by atoms with Crippen molar-refractivity contribution in [3.8, 4) is 0 Å². The molecule has 0 saturated carbocycles. The first-order valence-electron chi connectivity index (χ1n) is 19.5.